The van der Waals surface area contributed by atoms with E-state index in [1.54, 1.807) is 0 Å². The van der Waals surface area contributed by atoms with E-state index in [4.69, 9.17) is 0 Å². The van der Waals surface area contributed by atoms with E-state index >= 15 is 0 Å². The summed E-state index contributed by atoms with van der Waals surface area (Å²) in [5.41, 5.74) is 0. The molecule has 0 heterocycles. The van der Waals surface area contributed by atoms with Gasteiger partial charge in [-0.2, -0.15) is 0 Å². The van der Waals surface area contributed by atoms with E-state index in [1.807, 2.05) is 0 Å². The van der Waals surface area contributed by atoms with Gasteiger partial charge in [0.1, 0.15) is 16.3 Å². The molecule has 0 aliphatic carbocycles. The Hall–Kier alpha value is 2.76. The summed E-state index contributed by atoms with van der Waals surface area (Å²) in [5.74, 6) is 0. The number of hydrogen-bond donors (Lipinski definition) is 2. The molecule has 0 aromatic heterocycles. The summed E-state index contributed by atoms with van der Waals surface area (Å²) >= 11 is 17.0. The minimum Gasteiger partial charge on any atom is -0.370 e. The standard InChI is InChI=1S/C3H2Br6O3/c4-1(10,2(5,6)11)3(7,8)12-9/h10-11H. The van der Waals surface area contributed by atoms with Crippen LogP contribution in [-0.2, 0) is 3.83 Å². The van der Waals surface area contributed by atoms with Crippen molar-refractivity contribution in [3.05, 3.63) is 0 Å². The zero-order valence-corrected chi connectivity index (χ0v) is 14.6. The minimum atomic E-state index is -1.85. The molecule has 0 radical (unpaired) electrons. The molecule has 2 N–H and O–H groups in total. The Bertz CT molecular complexity index is 162. The van der Waals surface area contributed by atoms with Crippen molar-refractivity contribution < 1.29 is 14.0 Å². The second-order valence-corrected chi connectivity index (χ2v) is 9.89. The molecule has 0 aromatic carbocycles. The molecule has 0 aliphatic heterocycles. The van der Waals surface area contributed by atoms with Crippen LogP contribution in [0.15, 0.2) is 0 Å². The van der Waals surface area contributed by atoms with E-state index < -0.39 is 11.3 Å². The highest BCUT2D eigenvalue weighted by molar-refractivity contribution is 9.28. The van der Waals surface area contributed by atoms with Crippen LogP contribution in [0.1, 0.15) is 0 Å². The number of halogens is 6. The molecule has 12 heavy (non-hydrogen) atoms. The molecule has 9 heteroatoms. The molecule has 1 atom stereocenters. The average molecular weight is 565 g/mol. The Labute approximate surface area is 120 Å². The van der Waals surface area contributed by atoms with Crippen molar-refractivity contribution in [2.45, 2.75) is 11.3 Å². The third-order valence-electron chi connectivity index (χ3n) is 0.881. The average Bonchev–Trinajstić information content (AvgIpc) is 1.85. The number of hydrogen-bond acceptors (Lipinski definition) is 3. The lowest BCUT2D eigenvalue weighted by atomic mass is 10.4. The molecule has 1 unspecified atom stereocenters. The number of rotatable bonds is 3. The van der Waals surface area contributed by atoms with Gasteiger partial charge in [0.2, 0.25) is 11.3 Å². The van der Waals surface area contributed by atoms with Gasteiger partial charge < -0.3 is 10.2 Å². The summed E-state index contributed by atoms with van der Waals surface area (Å²) in [6.07, 6.45) is 0. The van der Waals surface area contributed by atoms with Crippen molar-refractivity contribution in [2.75, 3.05) is 0 Å². The van der Waals surface area contributed by atoms with Gasteiger partial charge in [0.25, 0.3) is 0 Å². The fraction of sp³-hybridized carbons (Fsp3) is 1.00. The van der Waals surface area contributed by atoms with Crippen molar-refractivity contribution in [1.82, 2.24) is 0 Å². The number of alkyl halides is 5. The van der Waals surface area contributed by atoms with Crippen LogP contribution in [0.5, 0.6) is 0 Å². The Kier molecular flexibility index (Phi) is 5.82. The van der Waals surface area contributed by atoms with Crippen LogP contribution in [0.25, 0.3) is 0 Å². The maximum atomic E-state index is 9.70. The van der Waals surface area contributed by atoms with E-state index in [2.05, 4.69) is 99.7 Å². The van der Waals surface area contributed by atoms with Crippen LogP contribution < -0.4 is 0 Å². The van der Waals surface area contributed by atoms with Crippen molar-refractivity contribution in [2.24, 2.45) is 0 Å². The molecule has 0 saturated heterocycles. The van der Waals surface area contributed by atoms with Crippen LogP contribution in [0.3, 0.4) is 0 Å². The molecule has 0 amide bonds. The monoisotopic (exact) mass is 560 g/mol. The molecular weight excluding hydrogens is 563 g/mol. The quantitative estimate of drug-likeness (QED) is 0.517. The van der Waals surface area contributed by atoms with Gasteiger partial charge in [-0.15, -0.1) is 0 Å². The Morgan fingerprint density at radius 1 is 0.917 bits per heavy atom. The van der Waals surface area contributed by atoms with Gasteiger partial charge in [0, 0.05) is 0 Å². The van der Waals surface area contributed by atoms with Crippen molar-refractivity contribution in [1.29, 1.82) is 0 Å². The minimum absolute atomic E-state index is 1.41. The zero-order chi connectivity index (χ0) is 10.2. The van der Waals surface area contributed by atoms with E-state index in [9.17, 15) is 10.2 Å². The van der Waals surface area contributed by atoms with Gasteiger partial charge in [-0.25, -0.2) is 0 Å². The van der Waals surface area contributed by atoms with Gasteiger partial charge in [-0.1, -0.05) is 0 Å². The first kappa shape index (κ1) is 14.8. The van der Waals surface area contributed by atoms with Crippen molar-refractivity contribution >= 4 is 95.9 Å². The molecule has 0 aliphatic rings. The SMILES string of the molecule is OC(Br)(Br)C(O)(Br)C(Br)(Br)OBr. The normalized spacial score (nSPS) is 19.0. The molecule has 3 nitrogen and oxygen atoms in total. The summed E-state index contributed by atoms with van der Waals surface area (Å²) in [5, 5.41) is 19.1. The molecule has 0 saturated carbocycles. The summed E-state index contributed by atoms with van der Waals surface area (Å²) < 4.78 is -0.371. The first-order valence-corrected chi connectivity index (χ1v) is 6.86. The fourth-order valence-corrected chi connectivity index (χ4v) is 2.95. The molecule has 0 rings (SSSR count). The van der Waals surface area contributed by atoms with E-state index in [-0.39, 0.29) is 0 Å². The molecule has 0 spiro atoms. The van der Waals surface area contributed by atoms with Crippen LogP contribution in [0.4, 0.5) is 0 Å². The Morgan fingerprint density at radius 3 is 1.33 bits per heavy atom. The largest absolute Gasteiger partial charge is 0.370 e. The van der Waals surface area contributed by atoms with Gasteiger partial charge in [0.15, 0.2) is 0 Å². The highest BCUT2D eigenvalue weighted by Crippen LogP contribution is 2.54. The molecule has 0 aromatic rings. The van der Waals surface area contributed by atoms with Crippen molar-refractivity contribution in [3.63, 3.8) is 0 Å². The lowest BCUT2D eigenvalue weighted by Crippen LogP contribution is -2.52. The second-order valence-electron chi connectivity index (χ2n) is 1.76. The van der Waals surface area contributed by atoms with Crippen LogP contribution >= 0.6 is 95.9 Å². The predicted octanol–water partition coefficient (Wildman–Crippen LogP) is 3.28. The summed E-state index contributed by atoms with van der Waals surface area (Å²) in [6.45, 7) is 0. The maximum absolute atomic E-state index is 9.70. The highest BCUT2D eigenvalue weighted by Gasteiger charge is 2.59. The molecular formula is C3H2Br6O3. The van der Waals surface area contributed by atoms with Crippen LogP contribution in [0, 0.1) is 0 Å². The summed E-state index contributed by atoms with van der Waals surface area (Å²) in [4.78, 5) is 0. The van der Waals surface area contributed by atoms with E-state index in [0.717, 1.165) is 0 Å². The van der Waals surface area contributed by atoms with E-state index in [1.165, 1.54) is 0 Å². The summed E-state index contributed by atoms with van der Waals surface area (Å²) in [7, 11) is 0. The van der Waals surface area contributed by atoms with Gasteiger partial charge in [-0.3, -0.25) is 3.83 Å². The maximum Gasteiger partial charge on any atom is 0.234 e. The van der Waals surface area contributed by atoms with Crippen LogP contribution in [-0.4, -0.2) is 21.6 Å². The van der Waals surface area contributed by atoms with Crippen molar-refractivity contribution in [3.8, 4) is 0 Å². The third kappa shape index (κ3) is 3.13. The number of aliphatic hydroxyl groups is 2. The van der Waals surface area contributed by atoms with E-state index in [0.29, 0.717) is 0 Å². The topological polar surface area (TPSA) is 49.7 Å². The second kappa shape index (κ2) is 4.73. The smallest absolute Gasteiger partial charge is 0.234 e. The highest BCUT2D eigenvalue weighted by atomic mass is 79.9. The van der Waals surface area contributed by atoms with Crippen LogP contribution in [0.2, 0.25) is 0 Å². The third-order valence-corrected chi connectivity index (χ3v) is 8.12. The lowest BCUT2D eigenvalue weighted by Gasteiger charge is -2.37. The lowest BCUT2D eigenvalue weighted by molar-refractivity contribution is -0.00836. The Balaban J connectivity index is 4.85. The summed E-state index contributed by atoms with van der Waals surface area (Å²) in [6, 6.07) is 0. The van der Waals surface area contributed by atoms with Gasteiger partial charge >= 0.3 is 0 Å². The molecule has 0 bridgehead atoms. The molecule has 74 valence electrons. The fourth-order valence-electron chi connectivity index (χ4n) is 0.226. The Morgan fingerprint density at radius 2 is 1.25 bits per heavy atom. The first-order chi connectivity index (χ1) is 5.06. The van der Waals surface area contributed by atoms with Gasteiger partial charge in [0.05, 0.1) is 0 Å². The first-order valence-electron chi connectivity index (χ1n) is 2.25. The van der Waals surface area contributed by atoms with Gasteiger partial charge in [-0.05, 0) is 79.6 Å². The zero-order valence-electron chi connectivity index (χ0n) is 5.07. The molecule has 0 fully saturated rings. The predicted molar refractivity (Wildman–Crippen MR) is 67.3 cm³/mol.